The molecule has 1 atom stereocenters. The molecular weight excluding hydrogens is 279 g/mol. The number of hydrogen-bond donors (Lipinski definition) is 1. The molecule has 2 rings (SSSR count). The fourth-order valence-corrected chi connectivity index (χ4v) is 2.66. The van der Waals surface area contributed by atoms with Crippen molar-refractivity contribution in [3.63, 3.8) is 0 Å². The van der Waals surface area contributed by atoms with Gasteiger partial charge in [-0.1, -0.05) is 0 Å². The highest BCUT2D eigenvalue weighted by molar-refractivity contribution is 8.00. The maximum absolute atomic E-state index is 13.6. The van der Waals surface area contributed by atoms with Crippen LogP contribution in [-0.4, -0.2) is 30.9 Å². The lowest BCUT2D eigenvalue weighted by molar-refractivity contribution is -0.119. The van der Waals surface area contributed by atoms with Crippen molar-refractivity contribution in [1.29, 1.82) is 5.26 Å². The van der Waals surface area contributed by atoms with Gasteiger partial charge in [-0.3, -0.25) is 4.79 Å². The van der Waals surface area contributed by atoms with Crippen LogP contribution in [0.25, 0.3) is 0 Å². The molecule has 1 N–H and O–H groups in total. The van der Waals surface area contributed by atoms with Crippen molar-refractivity contribution in [1.82, 2.24) is 5.32 Å². The van der Waals surface area contributed by atoms with Gasteiger partial charge in [0.15, 0.2) is 0 Å². The predicted molar refractivity (Wildman–Crippen MR) is 73.8 cm³/mol. The second-order valence-corrected chi connectivity index (χ2v) is 5.50. The minimum Gasteiger partial charge on any atom is -0.376 e. The first-order valence-electron chi connectivity index (χ1n) is 6.40. The van der Waals surface area contributed by atoms with E-state index in [4.69, 9.17) is 10.00 Å². The van der Waals surface area contributed by atoms with Crippen molar-refractivity contribution in [3.8, 4) is 6.07 Å². The van der Waals surface area contributed by atoms with Crippen LogP contribution in [-0.2, 0) is 9.53 Å². The minimum atomic E-state index is -0.471. The van der Waals surface area contributed by atoms with Crippen LogP contribution in [0.5, 0.6) is 0 Å². The number of thioether (sulfide) groups is 1. The van der Waals surface area contributed by atoms with Crippen molar-refractivity contribution in [2.75, 3.05) is 18.9 Å². The quantitative estimate of drug-likeness (QED) is 0.845. The van der Waals surface area contributed by atoms with Gasteiger partial charge < -0.3 is 10.1 Å². The van der Waals surface area contributed by atoms with E-state index in [9.17, 15) is 9.18 Å². The standard InChI is InChI=1S/C14H15FN2O2S/c15-12-6-10(7-16)3-4-13(12)20-9-14(18)17-8-11-2-1-5-19-11/h3-4,6,11H,1-2,5,8-9H2,(H,17,18)/t11-/m0/s1. The van der Waals surface area contributed by atoms with Crippen LogP contribution in [0.3, 0.4) is 0 Å². The van der Waals surface area contributed by atoms with Gasteiger partial charge in [0.25, 0.3) is 0 Å². The summed E-state index contributed by atoms with van der Waals surface area (Å²) in [4.78, 5) is 12.0. The second-order valence-electron chi connectivity index (χ2n) is 4.48. The Morgan fingerprint density at radius 1 is 1.60 bits per heavy atom. The van der Waals surface area contributed by atoms with Crippen molar-refractivity contribution < 1.29 is 13.9 Å². The monoisotopic (exact) mass is 294 g/mol. The largest absolute Gasteiger partial charge is 0.376 e. The summed E-state index contributed by atoms with van der Waals surface area (Å²) in [7, 11) is 0. The van der Waals surface area contributed by atoms with E-state index < -0.39 is 5.82 Å². The zero-order chi connectivity index (χ0) is 14.4. The molecule has 0 aliphatic carbocycles. The summed E-state index contributed by atoms with van der Waals surface area (Å²) in [5.74, 6) is -0.467. The van der Waals surface area contributed by atoms with Crippen LogP contribution >= 0.6 is 11.8 Å². The summed E-state index contributed by atoms with van der Waals surface area (Å²) in [6.07, 6.45) is 2.11. The van der Waals surface area contributed by atoms with Crippen LogP contribution < -0.4 is 5.32 Å². The molecule has 6 heteroatoms. The molecule has 4 nitrogen and oxygen atoms in total. The first kappa shape index (κ1) is 14.8. The molecule has 0 aromatic heterocycles. The van der Waals surface area contributed by atoms with Crippen molar-refractivity contribution >= 4 is 17.7 Å². The van der Waals surface area contributed by atoms with E-state index in [1.807, 2.05) is 6.07 Å². The van der Waals surface area contributed by atoms with E-state index in [-0.39, 0.29) is 23.3 Å². The van der Waals surface area contributed by atoms with Gasteiger partial charge in [-0.25, -0.2) is 4.39 Å². The third-order valence-corrected chi connectivity index (χ3v) is 4.02. The Morgan fingerprint density at radius 2 is 2.45 bits per heavy atom. The van der Waals surface area contributed by atoms with E-state index >= 15 is 0 Å². The summed E-state index contributed by atoms with van der Waals surface area (Å²) >= 11 is 1.12. The molecule has 1 saturated heterocycles. The summed E-state index contributed by atoms with van der Waals surface area (Å²) in [5.41, 5.74) is 0.273. The molecule has 0 unspecified atom stereocenters. The predicted octanol–water partition coefficient (Wildman–Crippen LogP) is 2.08. The molecule has 1 amide bonds. The number of nitrogens with zero attached hydrogens (tertiary/aromatic N) is 1. The number of hydrogen-bond acceptors (Lipinski definition) is 4. The zero-order valence-electron chi connectivity index (χ0n) is 10.9. The number of amides is 1. The lowest BCUT2D eigenvalue weighted by Gasteiger charge is -2.10. The number of nitrogens with one attached hydrogen (secondary N) is 1. The number of rotatable bonds is 5. The molecule has 1 aliphatic rings. The summed E-state index contributed by atoms with van der Waals surface area (Å²) in [5, 5.41) is 11.4. The van der Waals surface area contributed by atoms with Gasteiger partial charge in [0.1, 0.15) is 5.82 Å². The Bertz CT molecular complexity index is 524. The van der Waals surface area contributed by atoms with Crippen LogP contribution in [0.2, 0.25) is 0 Å². The van der Waals surface area contributed by atoms with E-state index in [1.165, 1.54) is 18.2 Å². The SMILES string of the molecule is N#Cc1ccc(SCC(=O)NC[C@@H]2CCCO2)c(F)c1. The molecule has 0 radical (unpaired) electrons. The number of ether oxygens (including phenoxy) is 1. The Labute approximate surface area is 121 Å². The van der Waals surface area contributed by atoms with Crippen molar-refractivity contribution in [2.24, 2.45) is 0 Å². The average molecular weight is 294 g/mol. The molecule has 20 heavy (non-hydrogen) atoms. The van der Waals surface area contributed by atoms with Crippen LogP contribution in [0.4, 0.5) is 4.39 Å². The van der Waals surface area contributed by atoms with Crippen LogP contribution in [0, 0.1) is 17.1 Å². The lowest BCUT2D eigenvalue weighted by atomic mass is 10.2. The highest BCUT2D eigenvalue weighted by Crippen LogP contribution is 2.22. The summed E-state index contributed by atoms with van der Waals surface area (Å²) < 4.78 is 19.0. The molecule has 0 spiro atoms. The maximum Gasteiger partial charge on any atom is 0.230 e. The third kappa shape index (κ3) is 4.22. The lowest BCUT2D eigenvalue weighted by Crippen LogP contribution is -2.32. The smallest absolute Gasteiger partial charge is 0.230 e. The average Bonchev–Trinajstić information content (AvgIpc) is 2.97. The second kappa shape index (κ2) is 7.27. The van der Waals surface area contributed by atoms with Gasteiger partial charge in [-0.05, 0) is 31.0 Å². The van der Waals surface area contributed by atoms with Gasteiger partial charge in [0.2, 0.25) is 5.91 Å². The molecule has 1 fully saturated rings. The molecule has 106 valence electrons. The molecule has 1 aromatic carbocycles. The molecule has 1 aromatic rings. The topological polar surface area (TPSA) is 62.1 Å². The zero-order valence-corrected chi connectivity index (χ0v) is 11.7. The molecular formula is C14H15FN2O2S. The van der Waals surface area contributed by atoms with E-state index in [0.29, 0.717) is 11.4 Å². The van der Waals surface area contributed by atoms with E-state index in [1.54, 1.807) is 0 Å². The van der Waals surface area contributed by atoms with Crippen molar-refractivity contribution in [2.45, 2.75) is 23.8 Å². The highest BCUT2D eigenvalue weighted by atomic mass is 32.2. The Balaban J connectivity index is 1.76. The Hall–Kier alpha value is -1.58. The van der Waals surface area contributed by atoms with E-state index in [2.05, 4.69) is 5.32 Å². The fourth-order valence-electron chi connectivity index (χ4n) is 1.91. The van der Waals surface area contributed by atoms with Crippen molar-refractivity contribution in [3.05, 3.63) is 29.6 Å². The number of carbonyl (C=O) groups excluding carboxylic acids is 1. The first-order chi connectivity index (χ1) is 9.69. The minimum absolute atomic E-state index is 0.107. The van der Waals surface area contributed by atoms with Gasteiger partial charge >= 0.3 is 0 Å². The number of carbonyl (C=O) groups is 1. The molecule has 1 aliphatic heterocycles. The summed E-state index contributed by atoms with van der Waals surface area (Å²) in [6, 6.07) is 6.10. The van der Waals surface area contributed by atoms with Crippen LogP contribution in [0.15, 0.2) is 23.1 Å². The van der Waals surface area contributed by atoms with E-state index in [0.717, 1.165) is 31.2 Å². The first-order valence-corrected chi connectivity index (χ1v) is 7.38. The molecule has 0 saturated carbocycles. The Morgan fingerprint density at radius 3 is 3.10 bits per heavy atom. The van der Waals surface area contributed by atoms with Gasteiger partial charge in [-0.15, -0.1) is 11.8 Å². The molecule has 1 heterocycles. The van der Waals surface area contributed by atoms with Gasteiger partial charge in [0.05, 0.1) is 23.5 Å². The molecule has 0 bridgehead atoms. The third-order valence-electron chi connectivity index (χ3n) is 2.97. The number of nitriles is 1. The fraction of sp³-hybridized carbons (Fsp3) is 0.429. The Kier molecular flexibility index (Phi) is 5.39. The summed E-state index contributed by atoms with van der Waals surface area (Å²) in [6.45, 7) is 1.26. The maximum atomic E-state index is 13.6. The normalized spacial score (nSPS) is 17.7. The number of halogens is 1. The number of benzene rings is 1. The highest BCUT2D eigenvalue weighted by Gasteiger charge is 2.16. The van der Waals surface area contributed by atoms with Gasteiger partial charge in [0, 0.05) is 18.0 Å². The van der Waals surface area contributed by atoms with Crippen LogP contribution in [0.1, 0.15) is 18.4 Å². The van der Waals surface area contributed by atoms with Gasteiger partial charge in [-0.2, -0.15) is 5.26 Å².